The molecule has 2 aliphatic heterocycles. The number of nitrogens with zero attached hydrogens (tertiary/aromatic N) is 1. The van der Waals surface area contributed by atoms with Crippen molar-refractivity contribution in [3.63, 3.8) is 0 Å². The van der Waals surface area contributed by atoms with Gasteiger partial charge in [0.05, 0.1) is 0 Å². The molecule has 2 aliphatic rings. The van der Waals surface area contributed by atoms with Gasteiger partial charge in [-0.2, -0.15) is 0 Å². The van der Waals surface area contributed by atoms with Gasteiger partial charge in [0.25, 0.3) is 0 Å². The maximum absolute atomic E-state index is 6.39. The van der Waals surface area contributed by atoms with E-state index >= 15 is 0 Å². The SMILES string of the molecule is CN1CCCC2(CC1)C[C@@H](N)c1cc(Br)ccc1O2. The van der Waals surface area contributed by atoms with E-state index in [0.29, 0.717) is 0 Å². The second-order valence-corrected chi connectivity index (χ2v) is 6.85. The molecule has 2 N–H and O–H groups in total. The van der Waals surface area contributed by atoms with Crippen molar-refractivity contribution in [2.45, 2.75) is 37.3 Å². The fraction of sp³-hybridized carbons (Fsp3) is 0.600. The zero-order valence-electron chi connectivity index (χ0n) is 11.4. The number of ether oxygens (including phenoxy) is 1. The minimum atomic E-state index is -0.0506. The topological polar surface area (TPSA) is 38.5 Å². The van der Waals surface area contributed by atoms with Crippen molar-refractivity contribution in [1.29, 1.82) is 0 Å². The molecule has 2 atom stereocenters. The quantitative estimate of drug-likeness (QED) is 0.797. The standard InChI is InChI=1S/C15H21BrN2O/c1-18-7-2-5-15(6-8-18)10-13(17)12-9-11(16)3-4-14(12)19-15/h3-4,9,13H,2,5-8,10,17H2,1H3/t13-,15?/m1/s1. The Morgan fingerprint density at radius 3 is 3.05 bits per heavy atom. The third kappa shape index (κ3) is 2.67. The molecule has 0 amide bonds. The van der Waals surface area contributed by atoms with Crippen LogP contribution in [0.5, 0.6) is 5.75 Å². The van der Waals surface area contributed by atoms with Crippen LogP contribution in [0.1, 0.15) is 37.3 Å². The lowest BCUT2D eigenvalue weighted by Gasteiger charge is -2.41. The van der Waals surface area contributed by atoms with Crippen LogP contribution in [0.3, 0.4) is 0 Å². The average molecular weight is 325 g/mol. The predicted molar refractivity (Wildman–Crippen MR) is 80.4 cm³/mol. The van der Waals surface area contributed by atoms with Gasteiger partial charge in [-0.3, -0.25) is 0 Å². The Morgan fingerprint density at radius 2 is 2.21 bits per heavy atom. The van der Waals surface area contributed by atoms with E-state index in [1.165, 1.54) is 6.42 Å². The highest BCUT2D eigenvalue weighted by molar-refractivity contribution is 9.10. The minimum absolute atomic E-state index is 0.0506. The highest BCUT2D eigenvalue weighted by atomic mass is 79.9. The lowest BCUT2D eigenvalue weighted by Crippen LogP contribution is -2.43. The van der Waals surface area contributed by atoms with Crippen molar-refractivity contribution in [3.8, 4) is 5.75 Å². The molecule has 1 aromatic rings. The van der Waals surface area contributed by atoms with Crippen molar-refractivity contribution >= 4 is 15.9 Å². The van der Waals surface area contributed by atoms with Crippen LogP contribution in [0.25, 0.3) is 0 Å². The molecule has 19 heavy (non-hydrogen) atoms. The summed E-state index contributed by atoms with van der Waals surface area (Å²) in [6.45, 7) is 2.26. The van der Waals surface area contributed by atoms with Crippen LogP contribution in [-0.2, 0) is 0 Å². The summed E-state index contributed by atoms with van der Waals surface area (Å²) < 4.78 is 7.46. The Hall–Kier alpha value is -0.580. The summed E-state index contributed by atoms with van der Waals surface area (Å²) in [5.41, 5.74) is 7.48. The molecule has 4 heteroatoms. The van der Waals surface area contributed by atoms with Crippen molar-refractivity contribution in [2.75, 3.05) is 20.1 Å². The second-order valence-electron chi connectivity index (χ2n) is 5.93. The fourth-order valence-corrected chi connectivity index (χ4v) is 3.68. The summed E-state index contributed by atoms with van der Waals surface area (Å²) in [6.07, 6.45) is 4.31. The van der Waals surface area contributed by atoms with Gasteiger partial charge in [0, 0.05) is 29.0 Å². The van der Waals surface area contributed by atoms with E-state index in [9.17, 15) is 0 Å². The van der Waals surface area contributed by atoms with Crippen LogP contribution >= 0.6 is 15.9 Å². The second kappa shape index (κ2) is 5.08. The molecule has 0 aromatic heterocycles. The zero-order valence-corrected chi connectivity index (χ0v) is 12.9. The molecule has 1 unspecified atom stereocenters. The number of halogens is 1. The smallest absolute Gasteiger partial charge is 0.124 e. The Labute approximate surface area is 123 Å². The van der Waals surface area contributed by atoms with Gasteiger partial charge in [-0.25, -0.2) is 0 Å². The van der Waals surface area contributed by atoms with Crippen LogP contribution < -0.4 is 10.5 Å². The first-order valence-electron chi connectivity index (χ1n) is 7.01. The van der Waals surface area contributed by atoms with Crippen LogP contribution in [0.15, 0.2) is 22.7 Å². The molecule has 104 valence electrons. The van der Waals surface area contributed by atoms with Crippen LogP contribution in [0.2, 0.25) is 0 Å². The lowest BCUT2D eigenvalue weighted by molar-refractivity contribution is 0.0223. The summed E-state index contributed by atoms with van der Waals surface area (Å²) in [7, 11) is 2.19. The average Bonchev–Trinajstić information content (AvgIpc) is 2.54. The third-order valence-corrected chi connectivity index (χ3v) is 4.90. The van der Waals surface area contributed by atoms with E-state index in [0.717, 1.165) is 48.1 Å². The minimum Gasteiger partial charge on any atom is -0.487 e. The Balaban J connectivity index is 1.89. The molecule has 2 heterocycles. The Morgan fingerprint density at radius 1 is 1.37 bits per heavy atom. The first-order valence-corrected chi connectivity index (χ1v) is 7.80. The largest absolute Gasteiger partial charge is 0.487 e. The number of rotatable bonds is 0. The highest BCUT2D eigenvalue weighted by Crippen LogP contribution is 2.43. The normalized spacial score (nSPS) is 31.6. The van der Waals surface area contributed by atoms with Gasteiger partial charge in [0.1, 0.15) is 11.4 Å². The van der Waals surface area contributed by atoms with Crippen molar-refractivity contribution in [3.05, 3.63) is 28.2 Å². The number of benzene rings is 1. The summed E-state index contributed by atoms with van der Waals surface area (Å²) in [4.78, 5) is 2.39. The first-order chi connectivity index (χ1) is 9.08. The van der Waals surface area contributed by atoms with Gasteiger partial charge in [-0.05, 0) is 51.1 Å². The molecule has 0 aliphatic carbocycles. The molecular formula is C15H21BrN2O. The lowest BCUT2D eigenvalue weighted by atomic mass is 9.82. The van der Waals surface area contributed by atoms with Crippen LogP contribution in [0, 0.1) is 0 Å². The van der Waals surface area contributed by atoms with Gasteiger partial charge < -0.3 is 15.4 Å². The molecule has 1 fully saturated rings. The van der Waals surface area contributed by atoms with E-state index < -0.39 is 0 Å². The molecule has 0 bridgehead atoms. The number of hydrogen-bond donors (Lipinski definition) is 1. The fourth-order valence-electron chi connectivity index (χ4n) is 3.30. The summed E-state index contributed by atoms with van der Waals surface area (Å²) in [5, 5.41) is 0. The maximum Gasteiger partial charge on any atom is 0.124 e. The molecule has 1 saturated heterocycles. The molecule has 3 nitrogen and oxygen atoms in total. The van der Waals surface area contributed by atoms with Crippen molar-refractivity contribution < 1.29 is 4.74 Å². The first kappa shape index (κ1) is 13.4. The number of nitrogens with two attached hydrogens (primary N) is 1. The molecule has 0 radical (unpaired) electrons. The summed E-state index contributed by atoms with van der Waals surface area (Å²) in [5.74, 6) is 0.978. The third-order valence-electron chi connectivity index (χ3n) is 4.41. The van der Waals surface area contributed by atoms with E-state index in [4.69, 9.17) is 10.5 Å². The highest BCUT2D eigenvalue weighted by Gasteiger charge is 2.40. The van der Waals surface area contributed by atoms with Gasteiger partial charge in [-0.1, -0.05) is 15.9 Å². The molecular weight excluding hydrogens is 304 g/mol. The van der Waals surface area contributed by atoms with Gasteiger partial charge in [0.15, 0.2) is 0 Å². The van der Waals surface area contributed by atoms with Gasteiger partial charge in [0.2, 0.25) is 0 Å². The Kier molecular flexibility index (Phi) is 3.58. The monoisotopic (exact) mass is 324 g/mol. The molecule has 1 spiro atoms. The number of fused-ring (bicyclic) bond motifs is 1. The maximum atomic E-state index is 6.39. The summed E-state index contributed by atoms with van der Waals surface area (Å²) >= 11 is 3.51. The molecule has 1 aromatic carbocycles. The van der Waals surface area contributed by atoms with E-state index in [2.05, 4.69) is 40.0 Å². The van der Waals surface area contributed by atoms with E-state index in [-0.39, 0.29) is 11.6 Å². The summed E-state index contributed by atoms with van der Waals surface area (Å²) in [6, 6.07) is 6.27. The van der Waals surface area contributed by atoms with Gasteiger partial charge in [-0.15, -0.1) is 0 Å². The zero-order chi connectivity index (χ0) is 13.5. The number of likely N-dealkylation sites (tertiary alicyclic amines) is 1. The predicted octanol–water partition coefficient (Wildman–Crippen LogP) is 3.09. The number of hydrogen-bond acceptors (Lipinski definition) is 3. The van der Waals surface area contributed by atoms with Crippen LogP contribution in [0.4, 0.5) is 0 Å². The van der Waals surface area contributed by atoms with E-state index in [1.54, 1.807) is 0 Å². The van der Waals surface area contributed by atoms with Crippen molar-refractivity contribution in [1.82, 2.24) is 4.90 Å². The Bertz CT molecular complexity index is 479. The van der Waals surface area contributed by atoms with Gasteiger partial charge >= 0.3 is 0 Å². The van der Waals surface area contributed by atoms with E-state index in [1.807, 2.05) is 6.07 Å². The molecule has 0 saturated carbocycles. The van der Waals surface area contributed by atoms with Crippen LogP contribution in [-0.4, -0.2) is 30.6 Å². The van der Waals surface area contributed by atoms with Crippen molar-refractivity contribution in [2.24, 2.45) is 5.73 Å². The molecule has 3 rings (SSSR count).